The van der Waals surface area contributed by atoms with Gasteiger partial charge in [0.15, 0.2) is 0 Å². The summed E-state index contributed by atoms with van der Waals surface area (Å²) in [7, 11) is 0. The summed E-state index contributed by atoms with van der Waals surface area (Å²) in [6.45, 7) is 1.21. The van der Waals surface area contributed by atoms with Crippen LogP contribution in [0.5, 0.6) is 0 Å². The first-order valence-corrected chi connectivity index (χ1v) is 5.85. The molecule has 0 amide bonds. The van der Waals surface area contributed by atoms with Crippen molar-refractivity contribution in [1.29, 1.82) is 0 Å². The highest BCUT2D eigenvalue weighted by atomic mass is 16.3. The minimum Gasteiger partial charge on any atom is -0.396 e. The summed E-state index contributed by atoms with van der Waals surface area (Å²) in [6, 6.07) is 0. The maximum atomic E-state index is 9.94. The molecule has 0 aliphatic heterocycles. The van der Waals surface area contributed by atoms with Crippen LogP contribution in [-0.2, 0) is 0 Å². The van der Waals surface area contributed by atoms with Crippen LogP contribution >= 0.6 is 0 Å². The number of aliphatic hydroxyl groups is 2. The van der Waals surface area contributed by atoms with Gasteiger partial charge >= 0.3 is 0 Å². The molecule has 0 aromatic rings. The molecule has 0 saturated heterocycles. The van der Waals surface area contributed by atoms with Crippen molar-refractivity contribution in [2.75, 3.05) is 13.2 Å². The van der Waals surface area contributed by atoms with Gasteiger partial charge < -0.3 is 10.2 Å². The monoisotopic (exact) mass is 201 g/mol. The number of aliphatic hydroxyl groups excluding tert-OH is 1. The van der Waals surface area contributed by atoms with E-state index in [-0.39, 0.29) is 0 Å². The average molecular weight is 201 g/mol. The Morgan fingerprint density at radius 1 is 1.00 bits per heavy atom. The summed E-state index contributed by atoms with van der Waals surface area (Å²) in [5.41, 5.74) is -0.559. The Labute approximate surface area is 86.5 Å². The van der Waals surface area contributed by atoms with Crippen LogP contribution in [0.2, 0.25) is 0 Å². The van der Waals surface area contributed by atoms with Crippen molar-refractivity contribution in [3.8, 4) is 0 Å². The molecule has 0 aromatic carbocycles. The van der Waals surface area contributed by atoms with Crippen LogP contribution in [0.25, 0.3) is 0 Å². The lowest BCUT2D eigenvalue weighted by molar-refractivity contribution is 0.0122. The Morgan fingerprint density at radius 2 is 1.64 bits per heavy atom. The summed E-state index contributed by atoms with van der Waals surface area (Å²) in [5.74, 6) is 0. The zero-order valence-corrected chi connectivity index (χ0v) is 8.97. The highest BCUT2D eigenvalue weighted by molar-refractivity contribution is 4.81. The third-order valence-electron chi connectivity index (χ3n) is 2.97. The Hall–Kier alpha value is -0.120. The molecule has 0 heterocycles. The summed E-state index contributed by atoms with van der Waals surface area (Å²) < 4.78 is 0. The van der Waals surface area contributed by atoms with Gasteiger partial charge in [0.2, 0.25) is 0 Å². The van der Waals surface area contributed by atoms with E-state index in [0.717, 1.165) is 57.9 Å². The molecule has 0 spiro atoms. The van der Waals surface area contributed by atoms with Crippen molar-refractivity contribution in [1.82, 2.24) is 5.32 Å². The predicted octanol–water partition coefficient (Wildman–Crippen LogP) is 1.39. The third kappa shape index (κ3) is 4.40. The number of hydrogen-bond donors (Lipinski definition) is 3. The zero-order valence-electron chi connectivity index (χ0n) is 8.97. The second-order valence-corrected chi connectivity index (χ2v) is 4.30. The van der Waals surface area contributed by atoms with Crippen molar-refractivity contribution in [2.24, 2.45) is 0 Å². The van der Waals surface area contributed by atoms with E-state index < -0.39 is 5.72 Å². The summed E-state index contributed by atoms with van der Waals surface area (Å²) >= 11 is 0. The fourth-order valence-electron chi connectivity index (χ4n) is 2.05. The molecule has 0 atom stereocenters. The van der Waals surface area contributed by atoms with Crippen molar-refractivity contribution in [2.45, 2.75) is 57.1 Å². The van der Waals surface area contributed by atoms with Crippen LogP contribution in [0.3, 0.4) is 0 Å². The Bertz CT molecular complexity index is 144. The molecule has 14 heavy (non-hydrogen) atoms. The molecule has 1 rings (SSSR count). The van der Waals surface area contributed by atoms with Crippen molar-refractivity contribution >= 4 is 0 Å². The van der Waals surface area contributed by atoms with Gasteiger partial charge in [-0.1, -0.05) is 12.8 Å². The molecule has 1 aliphatic rings. The first kappa shape index (κ1) is 12.0. The van der Waals surface area contributed by atoms with Gasteiger partial charge in [-0.15, -0.1) is 0 Å². The Kier molecular flexibility index (Phi) is 5.45. The van der Waals surface area contributed by atoms with E-state index in [4.69, 9.17) is 5.11 Å². The van der Waals surface area contributed by atoms with Gasteiger partial charge in [-0.05, 0) is 45.1 Å². The second kappa shape index (κ2) is 6.38. The van der Waals surface area contributed by atoms with Gasteiger partial charge in [0.05, 0.1) is 0 Å². The summed E-state index contributed by atoms with van der Waals surface area (Å²) in [5, 5.41) is 21.8. The van der Waals surface area contributed by atoms with Gasteiger partial charge in [0.1, 0.15) is 5.72 Å². The van der Waals surface area contributed by atoms with Crippen LogP contribution in [-0.4, -0.2) is 29.1 Å². The summed E-state index contributed by atoms with van der Waals surface area (Å²) in [4.78, 5) is 0. The van der Waals surface area contributed by atoms with E-state index in [0.29, 0.717) is 6.61 Å². The maximum Gasteiger partial charge on any atom is 0.116 e. The summed E-state index contributed by atoms with van der Waals surface area (Å²) in [6.07, 6.45) is 8.35. The number of nitrogens with one attached hydrogen (secondary N) is 1. The fourth-order valence-corrected chi connectivity index (χ4v) is 2.05. The maximum absolute atomic E-state index is 9.94. The SMILES string of the molecule is OCCCCCCNC1(O)CCCC1. The van der Waals surface area contributed by atoms with E-state index in [1.807, 2.05) is 0 Å². The van der Waals surface area contributed by atoms with Crippen LogP contribution in [0.4, 0.5) is 0 Å². The molecule has 3 nitrogen and oxygen atoms in total. The van der Waals surface area contributed by atoms with Crippen molar-refractivity contribution in [3.05, 3.63) is 0 Å². The minimum atomic E-state index is -0.559. The van der Waals surface area contributed by atoms with E-state index in [9.17, 15) is 5.11 Å². The molecule has 3 heteroatoms. The van der Waals surface area contributed by atoms with Crippen molar-refractivity contribution < 1.29 is 10.2 Å². The Balaban J connectivity index is 1.92. The number of hydrogen-bond acceptors (Lipinski definition) is 3. The van der Waals surface area contributed by atoms with Gasteiger partial charge in [-0.25, -0.2) is 0 Å². The molecule has 0 bridgehead atoms. The van der Waals surface area contributed by atoms with Crippen LogP contribution in [0.1, 0.15) is 51.4 Å². The molecule has 1 aliphatic carbocycles. The molecule has 3 N–H and O–H groups in total. The van der Waals surface area contributed by atoms with Crippen LogP contribution in [0, 0.1) is 0 Å². The van der Waals surface area contributed by atoms with E-state index in [1.165, 1.54) is 0 Å². The first-order chi connectivity index (χ1) is 6.77. The van der Waals surface area contributed by atoms with Crippen LogP contribution in [0.15, 0.2) is 0 Å². The minimum absolute atomic E-state index is 0.303. The predicted molar refractivity (Wildman–Crippen MR) is 57.0 cm³/mol. The highest BCUT2D eigenvalue weighted by Crippen LogP contribution is 2.26. The van der Waals surface area contributed by atoms with Crippen molar-refractivity contribution in [3.63, 3.8) is 0 Å². The fraction of sp³-hybridized carbons (Fsp3) is 1.00. The van der Waals surface area contributed by atoms with Gasteiger partial charge in [0.25, 0.3) is 0 Å². The zero-order chi connectivity index (χ0) is 10.3. The largest absolute Gasteiger partial charge is 0.396 e. The average Bonchev–Trinajstić information content (AvgIpc) is 2.59. The van der Waals surface area contributed by atoms with Crippen LogP contribution < -0.4 is 5.32 Å². The molecular weight excluding hydrogens is 178 g/mol. The smallest absolute Gasteiger partial charge is 0.116 e. The van der Waals surface area contributed by atoms with E-state index >= 15 is 0 Å². The third-order valence-corrected chi connectivity index (χ3v) is 2.97. The lowest BCUT2D eigenvalue weighted by atomic mass is 10.1. The normalized spacial score (nSPS) is 20.1. The standard InChI is InChI=1S/C11H23NO2/c13-10-6-2-1-5-9-12-11(14)7-3-4-8-11/h12-14H,1-10H2. The molecule has 1 saturated carbocycles. The molecule has 0 unspecified atom stereocenters. The quantitative estimate of drug-likeness (QED) is 0.431. The van der Waals surface area contributed by atoms with E-state index in [1.54, 1.807) is 0 Å². The van der Waals surface area contributed by atoms with Gasteiger partial charge in [0, 0.05) is 6.61 Å². The van der Waals surface area contributed by atoms with E-state index in [2.05, 4.69) is 5.32 Å². The first-order valence-electron chi connectivity index (χ1n) is 5.85. The lowest BCUT2D eigenvalue weighted by Crippen LogP contribution is -2.42. The second-order valence-electron chi connectivity index (χ2n) is 4.30. The molecule has 84 valence electrons. The van der Waals surface area contributed by atoms with Gasteiger partial charge in [-0.3, -0.25) is 5.32 Å². The molecular formula is C11H23NO2. The number of rotatable bonds is 7. The molecule has 0 aromatic heterocycles. The number of unbranched alkanes of at least 4 members (excludes halogenated alkanes) is 3. The lowest BCUT2D eigenvalue weighted by Gasteiger charge is -2.23. The highest BCUT2D eigenvalue weighted by Gasteiger charge is 2.29. The Morgan fingerprint density at radius 3 is 2.29 bits per heavy atom. The molecule has 0 radical (unpaired) electrons. The van der Waals surface area contributed by atoms with Gasteiger partial charge in [-0.2, -0.15) is 0 Å². The topological polar surface area (TPSA) is 52.5 Å². The molecule has 1 fully saturated rings.